The standard InChI is InChI=1S/C13H18FNO3/c1-15(2)8-10-7-11(14)6-9(13(10)18)4-3-5-12(16)17/h6-7,18H,3-5,8H2,1-2H3,(H,16,17). The lowest BCUT2D eigenvalue weighted by atomic mass is 10.0. The predicted octanol–water partition coefficient (Wildman–Crippen LogP) is 2.00. The largest absolute Gasteiger partial charge is 0.507 e. The van der Waals surface area contributed by atoms with Crippen LogP contribution in [0.25, 0.3) is 0 Å². The van der Waals surface area contributed by atoms with Crippen molar-refractivity contribution in [3.8, 4) is 5.75 Å². The van der Waals surface area contributed by atoms with E-state index in [0.717, 1.165) is 0 Å². The number of aliphatic carboxylic acids is 1. The molecule has 0 saturated carbocycles. The number of halogens is 1. The number of aromatic hydroxyl groups is 1. The highest BCUT2D eigenvalue weighted by molar-refractivity contribution is 5.66. The molecule has 0 radical (unpaired) electrons. The molecule has 1 rings (SSSR count). The first kappa shape index (κ1) is 14.4. The van der Waals surface area contributed by atoms with Gasteiger partial charge >= 0.3 is 5.97 Å². The van der Waals surface area contributed by atoms with Gasteiger partial charge in [0.25, 0.3) is 0 Å². The van der Waals surface area contributed by atoms with Crippen molar-refractivity contribution >= 4 is 5.97 Å². The lowest BCUT2D eigenvalue weighted by Gasteiger charge is -2.14. The maximum absolute atomic E-state index is 13.4. The van der Waals surface area contributed by atoms with Crippen LogP contribution in [-0.4, -0.2) is 35.2 Å². The van der Waals surface area contributed by atoms with E-state index < -0.39 is 11.8 Å². The van der Waals surface area contributed by atoms with Crippen molar-refractivity contribution < 1.29 is 19.4 Å². The summed E-state index contributed by atoms with van der Waals surface area (Å²) >= 11 is 0. The monoisotopic (exact) mass is 255 g/mol. The first-order valence-electron chi connectivity index (χ1n) is 5.77. The van der Waals surface area contributed by atoms with Crippen molar-refractivity contribution in [1.82, 2.24) is 4.90 Å². The average Bonchev–Trinajstić information content (AvgIpc) is 2.23. The van der Waals surface area contributed by atoms with Crippen LogP contribution in [-0.2, 0) is 17.8 Å². The predicted molar refractivity (Wildman–Crippen MR) is 66.0 cm³/mol. The minimum atomic E-state index is -0.889. The second-order valence-corrected chi connectivity index (χ2v) is 4.56. The second-order valence-electron chi connectivity index (χ2n) is 4.56. The Morgan fingerprint density at radius 2 is 1.94 bits per heavy atom. The van der Waals surface area contributed by atoms with Crippen molar-refractivity contribution in [2.45, 2.75) is 25.8 Å². The second kappa shape index (κ2) is 6.35. The SMILES string of the molecule is CN(C)Cc1cc(F)cc(CCCC(=O)O)c1O. The summed E-state index contributed by atoms with van der Waals surface area (Å²) in [5.74, 6) is -1.23. The average molecular weight is 255 g/mol. The van der Waals surface area contributed by atoms with E-state index >= 15 is 0 Å². The van der Waals surface area contributed by atoms with Crippen molar-refractivity contribution in [3.63, 3.8) is 0 Å². The number of nitrogens with zero attached hydrogens (tertiary/aromatic N) is 1. The Morgan fingerprint density at radius 1 is 1.33 bits per heavy atom. The van der Waals surface area contributed by atoms with Gasteiger partial charge in [-0.15, -0.1) is 0 Å². The Bertz CT molecular complexity index is 432. The quantitative estimate of drug-likeness (QED) is 0.816. The van der Waals surface area contributed by atoms with Crippen LogP contribution in [0.15, 0.2) is 12.1 Å². The van der Waals surface area contributed by atoms with Crippen LogP contribution in [0, 0.1) is 5.82 Å². The molecule has 0 spiro atoms. The Labute approximate surface area is 106 Å². The molecule has 2 N–H and O–H groups in total. The number of phenolic OH excluding ortho intramolecular Hbond substituents is 1. The normalized spacial score (nSPS) is 10.9. The van der Waals surface area contributed by atoms with Crippen LogP contribution < -0.4 is 0 Å². The fourth-order valence-electron chi connectivity index (χ4n) is 1.80. The van der Waals surface area contributed by atoms with Crippen molar-refractivity contribution in [3.05, 3.63) is 29.1 Å². The molecular weight excluding hydrogens is 237 g/mol. The van der Waals surface area contributed by atoms with Crippen molar-refractivity contribution in [2.75, 3.05) is 14.1 Å². The fraction of sp³-hybridized carbons (Fsp3) is 0.462. The number of carboxylic acid groups (broad SMARTS) is 1. The van der Waals surface area contributed by atoms with Gasteiger partial charge in [-0.05, 0) is 44.6 Å². The van der Waals surface area contributed by atoms with Gasteiger partial charge in [-0.1, -0.05) is 0 Å². The molecule has 0 heterocycles. The summed E-state index contributed by atoms with van der Waals surface area (Å²) in [6.07, 6.45) is 0.753. The van der Waals surface area contributed by atoms with Crippen LogP contribution in [0.1, 0.15) is 24.0 Å². The maximum atomic E-state index is 13.4. The number of hydrogen-bond acceptors (Lipinski definition) is 3. The van der Waals surface area contributed by atoms with Crippen LogP contribution in [0.3, 0.4) is 0 Å². The summed E-state index contributed by atoms with van der Waals surface area (Å²) in [5.41, 5.74) is 0.985. The molecule has 1 aromatic rings. The highest BCUT2D eigenvalue weighted by Gasteiger charge is 2.11. The Hall–Kier alpha value is -1.62. The van der Waals surface area contributed by atoms with E-state index in [9.17, 15) is 14.3 Å². The third-order valence-electron chi connectivity index (χ3n) is 2.56. The van der Waals surface area contributed by atoms with E-state index in [1.807, 2.05) is 19.0 Å². The molecule has 18 heavy (non-hydrogen) atoms. The first-order valence-corrected chi connectivity index (χ1v) is 5.77. The molecular formula is C13H18FNO3. The van der Waals surface area contributed by atoms with Crippen LogP contribution in [0.2, 0.25) is 0 Å². The van der Waals surface area contributed by atoms with Crippen molar-refractivity contribution in [2.24, 2.45) is 0 Å². The van der Waals surface area contributed by atoms with Gasteiger partial charge in [-0.2, -0.15) is 0 Å². The Balaban J connectivity index is 2.83. The first-order chi connectivity index (χ1) is 8.40. The smallest absolute Gasteiger partial charge is 0.303 e. The Morgan fingerprint density at radius 3 is 2.50 bits per heavy atom. The van der Waals surface area contributed by atoms with Gasteiger partial charge < -0.3 is 15.1 Å². The molecule has 5 heteroatoms. The lowest BCUT2D eigenvalue weighted by molar-refractivity contribution is -0.137. The highest BCUT2D eigenvalue weighted by Crippen LogP contribution is 2.26. The molecule has 1 aromatic carbocycles. The van der Waals surface area contributed by atoms with E-state index in [2.05, 4.69) is 0 Å². The summed E-state index contributed by atoms with van der Waals surface area (Å²) in [7, 11) is 3.66. The minimum Gasteiger partial charge on any atom is -0.507 e. The molecule has 0 amide bonds. The Kier molecular flexibility index (Phi) is 5.09. The van der Waals surface area contributed by atoms with Gasteiger partial charge in [0.1, 0.15) is 11.6 Å². The van der Waals surface area contributed by atoms with E-state index in [-0.39, 0.29) is 12.2 Å². The van der Waals surface area contributed by atoms with Gasteiger partial charge in [0.15, 0.2) is 0 Å². The molecule has 0 aromatic heterocycles. The zero-order chi connectivity index (χ0) is 13.7. The van der Waals surface area contributed by atoms with Crippen LogP contribution >= 0.6 is 0 Å². The summed E-state index contributed by atoms with van der Waals surface area (Å²) in [6.45, 7) is 0.440. The number of rotatable bonds is 6. The fourth-order valence-corrected chi connectivity index (χ4v) is 1.80. The molecule has 100 valence electrons. The molecule has 0 aliphatic heterocycles. The van der Waals surface area contributed by atoms with Gasteiger partial charge in [-0.3, -0.25) is 4.79 Å². The number of carboxylic acids is 1. The van der Waals surface area contributed by atoms with Gasteiger partial charge in [0, 0.05) is 18.5 Å². The molecule has 0 aliphatic carbocycles. The molecule has 0 saturated heterocycles. The number of benzene rings is 1. The van der Waals surface area contributed by atoms with E-state index in [4.69, 9.17) is 5.11 Å². The van der Waals surface area contributed by atoms with Gasteiger partial charge in [0.2, 0.25) is 0 Å². The van der Waals surface area contributed by atoms with Crippen LogP contribution in [0.5, 0.6) is 5.75 Å². The molecule has 4 nitrogen and oxygen atoms in total. The third-order valence-corrected chi connectivity index (χ3v) is 2.56. The number of carbonyl (C=O) groups is 1. The summed E-state index contributed by atoms with van der Waals surface area (Å²) in [4.78, 5) is 12.2. The molecule has 0 atom stereocenters. The van der Waals surface area contributed by atoms with E-state index in [1.54, 1.807) is 0 Å². The van der Waals surface area contributed by atoms with Crippen LogP contribution in [0.4, 0.5) is 4.39 Å². The zero-order valence-electron chi connectivity index (χ0n) is 10.6. The summed E-state index contributed by atoms with van der Waals surface area (Å²) < 4.78 is 13.4. The summed E-state index contributed by atoms with van der Waals surface area (Å²) in [5, 5.41) is 18.5. The van der Waals surface area contributed by atoms with E-state index in [0.29, 0.717) is 30.5 Å². The summed E-state index contributed by atoms with van der Waals surface area (Å²) in [6, 6.07) is 2.56. The molecule has 0 fully saturated rings. The minimum absolute atomic E-state index is 0.0129. The highest BCUT2D eigenvalue weighted by atomic mass is 19.1. The molecule has 0 aliphatic rings. The van der Waals surface area contributed by atoms with Gasteiger partial charge in [-0.25, -0.2) is 4.39 Å². The maximum Gasteiger partial charge on any atom is 0.303 e. The van der Waals surface area contributed by atoms with Gasteiger partial charge in [0.05, 0.1) is 0 Å². The zero-order valence-corrected chi connectivity index (χ0v) is 10.6. The molecule has 0 unspecified atom stereocenters. The lowest BCUT2D eigenvalue weighted by Crippen LogP contribution is -2.11. The molecule has 0 bridgehead atoms. The number of phenols is 1. The topological polar surface area (TPSA) is 60.8 Å². The van der Waals surface area contributed by atoms with E-state index in [1.165, 1.54) is 12.1 Å². The number of hydrogen-bond donors (Lipinski definition) is 2. The third kappa shape index (κ3) is 4.33. The van der Waals surface area contributed by atoms with Crippen molar-refractivity contribution in [1.29, 1.82) is 0 Å². The number of aryl methyl sites for hydroxylation is 1.